The molecule has 1 spiro atoms. The second kappa shape index (κ2) is 18.0. The fourth-order valence-electron chi connectivity index (χ4n) is 7.29. The van der Waals surface area contributed by atoms with E-state index in [1.807, 2.05) is 36.4 Å². The molecule has 11 N–H and O–H groups in total. The van der Waals surface area contributed by atoms with E-state index in [4.69, 9.17) is 40.9 Å². The first-order valence-electron chi connectivity index (χ1n) is 17.2. The van der Waals surface area contributed by atoms with Gasteiger partial charge in [0.05, 0.1) is 36.8 Å². The van der Waals surface area contributed by atoms with E-state index in [0.29, 0.717) is 6.42 Å². The number of benzene rings is 2. The van der Waals surface area contributed by atoms with Crippen molar-refractivity contribution in [2.24, 2.45) is 5.92 Å². The molecule has 3 atom stereocenters. The number of rotatable bonds is 13. The summed E-state index contributed by atoms with van der Waals surface area (Å²) >= 11 is 0. The van der Waals surface area contributed by atoms with Gasteiger partial charge >= 0.3 is 35.8 Å². The van der Waals surface area contributed by atoms with E-state index in [2.05, 4.69) is 29.3 Å². The van der Waals surface area contributed by atoms with E-state index in [-0.39, 0.29) is 17.3 Å². The first-order valence-corrected chi connectivity index (χ1v) is 17.2. The van der Waals surface area contributed by atoms with Gasteiger partial charge in [-0.25, -0.2) is 14.0 Å². The third-order valence-electron chi connectivity index (χ3n) is 9.82. The molecule has 56 heavy (non-hydrogen) atoms. The minimum Gasteiger partial charge on any atom is -0.481 e. The summed E-state index contributed by atoms with van der Waals surface area (Å²) in [5, 5.41) is 84.4. The van der Waals surface area contributed by atoms with Crippen molar-refractivity contribution in [2.75, 3.05) is 27.2 Å². The van der Waals surface area contributed by atoms with Gasteiger partial charge in [-0.15, -0.1) is 0 Å². The van der Waals surface area contributed by atoms with Gasteiger partial charge in [-0.1, -0.05) is 30.3 Å². The van der Waals surface area contributed by atoms with Crippen molar-refractivity contribution in [3.05, 3.63) is 71.2 Å². The Morgan fingerprint density at radius 2 is 1.29 bits per heavy atom. The van der Waals surface area contributed by atoms with Gasteiger partial charge < -0.3 is 61.2 Å². The molecule has 0 bridgehead atoms. The summed E-state index contributed by atoms with van der Waals surface area (Å²) in [6, 6.07) is 15.2. The maximum Gasteiger partial charge on any atom is 0.336 e. The van der Waals surface area contributed by atoms with Crippen molar-refractivity contribution in [1.29, 1.82) is 0 Å². The van der Waals surface area contributed by atoms with Gasteiger partial charge in [0.25, 0.3) is 0 Å². The third-order valence-corrected chi connectivity index (χ3v) is 9.82. The highest BCUT2D eigenvalue weighted by molar-refractivity contribution is 5.89. The largest absolute Gasteiger partial charge is 0.481 e. The highest BCUT2D eigenvalue weighted by Gasteiger charge is 2.52. The smallest absolute Gasteiger partial charge is 0.336 e. The Labute approximate surface area is 318 Å². The first-order chi connectivity index (χ1) is 26.0. The Kier molecular flexibility index (Phi) is 14.4. The number of carboxylic acids is 6. The van der Waals surface area contributed by atoms with Crippen molar-refractivity contribution >= 4 is 46.7 Å². The molecule has 3 unspecified atom stereocenters. The molecule has 1 saturated carbocycles. The lowest BCUT2D eigenvalue weighted by atomic mass is 9.62. The van der Waals surface area contributed by atoms with E-state index in [9.17, 15) is 38.3 Å². The van der Waals surface area contributed by atoms with Gasteiger partial charge in [-0.3, -0.25) is 19.2 Å². The minimum atomic E-state index is -2.74. The molecule has 18 nitrogen and oxygen atoms in total. The summed E-state index contributed by atoms with van der Waals surface area (Å²) in [4.78, 5) is 66.7. The van der Waals surface area contributed by atoms with Gasteiger partial charge in [0.15, 0.2) is 11.2 Å². The second-order valence-corrected chi connectivity index (χ2v) is 14.3. The van der Waals surface area contributed by atoms with Crippen LogP contribution in [0.15, 0.2) is 48.5 Å². The monoisotopic (exact) mass is 791 g/mol. The first kappa shape index (κ1) is 44.9. The Morgan fingerprint density at radius 3 is 1.73 bits per heavy atom. The molecule has 5 rings (SSSR count). The zero-order valence-electron chi connectivity index (χ0n) is 30.6. The number of H-pyrrole nitrogens is 1. The van der Waals surface area contributed by atoms with Crippen molar-refractivity contribution < 1.29 is 79.1 Å². The zero-order valence-corrected chi connectivity index (χ0v) is 30.6. The van der Waals surface area contributed by atoms with Crippen LogP contribution in [-0.4, -0.2) is 130 Å². The predicted molar refractivity (Wildman–Crippen MR) is 192 cm³/mol. The Balaban J connectivity index is 0.000000271. The number of aromatic nitrogens is 1. The summed E-state index contributed by atoms with van der Waals surface area (Å²) in [5.41, 5.74) is -2.18. The molecule has 2 aromatic carbocycles. The topological polar surface area (TPSA) is 316 Å². The molecule has 2 heterocycles. The molecule has 0 amide bonds. The van der Waals surface area contributed by atoms with Crippen LogP contribution in [0.1, 0.15) is 61.8 Å². The standard InChI is InChI=1S/C25H30FN3O.2C6H8O7/c1-29(2)16-18-15-24(11-12-25(18,30)17-6-4-3-5-7-17)23-21(10-13-27-24)20-9-8-19(26)14-22(20)28-23;2*7-3(8)1-6(13,5(11)12)2-4(9)10/h3-9,14,18,27-28,30H,10-13,15-16H2,1-2H3;2*13H,1-2H2,(H,7,8)(H,9,10)(H,11,12). The maximum atomic E-state index is 13.9. The number of hydrogen-bond acceptors (Lipinski definition) is 11. The van der Waals surface area contributed by atoms with Crippen LogP contribution in [0.25, 0.3) is 10.9 Å². The molecule has 1 aromatic heterocycles. The molecular formula is C37H46FN3O15. The number of carbonyl (C=O) groups is 6. The molecule has 1 aliphatic heterocycles. The number of fused-ring (bicyclic) bond motifs is 4. The van der Waals surface area contributed by atoms with Crippen LogP contribution in [0, 0.1) is 11.7 Å². The second-order valence-electron chi connectivity index (χ2n) is 14.3. The van der Waals surface area contributed by atoms with Crippen molar-refractivity contribution in [1.82, 2.24) is 15.2 Å². The number of hydrogen-bond donors (Lipinski definition) is 11. The van der Waals surface area contributed by atoms with E-state index in [1.54, 1.807) is 12.1 Å². The number of nitrogens with one attached hydrogen (secondary N) is 2. The number of aliphatic carboxylic acids is 6. The fraction of sp³-hybridized carbons (Fsp3) is 0.459. The van der Waals surface area contributed by atoms with Crippen LogP contribution in [0.3, 0.4) is 0 Å². The minimum absolute atomic E-state index is 0.0743. The Hall–Kier alpha value is -5.47. The van der Waals surface area contributed by atoms with Gasteiger partial charge in [-0.2, -0.15) is 0 Å². The van der Waals surface area contributed by atoms with Gasteiger partial charge in [0, 0.05) is 35.6 Å². The summed E-state index contributed by atoms with van der Waals surface area (Å²) < 4.78 is 13.9. The van der Waals surface area contributed by atoms with Crippen LogP contribution < -0.4 is 5.32 Å². The summed E-state index contributed by atoms with van der Waals surface area (Å²) in [7, 11) is 4.14. The molecular weight excluding hydrogens is 745 g/mol. The lowest BCUT2D eigenvalue weighted by molar-refractivity contribution is -0.170. The van der Waals surface area contributed by atoms with Crippen molar-refractivity contribution in [3.63, 3.8) is 0 Å². The number of halogens is 1. The lowest BCUT2D eigenvalue weighted by Gasteiger charge is -2.51. The van der Waals surface area contributed by atoms with E-state index < -0.39 is 78.3 Å². The van der Waals surface area contributed by atoms with E-state index >= 15 is 0 Å². The van der Waals surface area contributed by atoms with Gasteiger partial charge in [0.2, 0.25) is 0 Å². The highest BCUT2D eigenvalue weighted by atomic mass is 19.1. The average Bonchev–Trinajstić information content (AvgIpc) is 3.45. The molecule has 1 aliphatic carbocycles. The van der Waals surface area contributed by atoms with Crippen LogP contribution in [0.4, 0.5) is 4.39 Å². The van der Waals surface area contributed by atoms with Crippen LogP contribution >= 0.6 is 0 Å². The van der Waals surface area contributed by atoms with Gasteiger partial charge in [0.1, 0.15) is 5.82 Å². The lowest BCUT2D eigenvalue weighted by Crippen LogP contribution is -2.57. The van der Waals surface area contributed by atoms with Crippen LogP contribution in [-0.2, 0) is 46.3 Å². The number of aromatic amines is 1. The Bertz CT molecular complexity index is 1850. The molecule has 19 heteroatoms. The van der Waals surface area contributed by atoms with E-state index in [0.717, 1.165) is 48.8 Å². The van der Waals surface area contributed by atoms with Crippen molar-refractivity contribution in [3.8, 4) is 0 Å². The fourth-order valence-corrected chi connectivity index (χ4v) is 7.29. The normalized spacial score (nSPS) is 20.5. The Morgan fingerprint density at radius 1 is 0.786 bits per heavy atom. The predicted octanol–water partition coefficient (Wildman–Crippen LogP) is 1.40. The van der Waals surface area contributed by atoms with Crippen molar-refractivity contribution in [2.45, 2.75) is 73.7 Å². The van der Waals surface area contributed by atoms with E-state index in [1.165, 1.54) is 11.3 Å². The highest BCUT2D eigenvalue weighted by Crippen LogP contribution is 2.51. The molecule has 0 saturated heterocycles. The average molecular weight is 792 g/mol. The van der Waals surface area contributed by atoms with Crippen LogP contribution in [0.2, 0.25) is 0 Å². The number of carboxylic acid groups (broad SMARTS) is 6. The number of nitrogens with zero attached hydrogens (tertiary/aromatic N) is 1. The van der Waals surface area contributed by atoms with Gasteiger partial charge in [-0.05, 0) is 69.1 Å². The maximum absolute atomic E-state index is 13.9. The number of aliphatic hydroxyl groups is 3. The van der Waals surface area contributed by atoms with Crippen LogP contribution in [0.5, 0.6) is 0 Å². The zero-order chi connectivity index (χ0) is 42.2. The SMILES string of the molecule is CN(C)CC1CC2(CCC1(O)c1ccccc1)NCCc1c2[nH]c2cc(F)ccc12.O=C(O)CC(O)(CC(=O)O)C(=O)O.O=C(O)CC(O)(CC(=O)O)C(=O)O. The summed E-state index contributed by atoms with van der Waals surface area (Å²) in [6.45, 7) is 1.70. The molecule has 1 fully saturated rings. The molecule has 2 aliphatic rings. The summed E-state index contributed by atoms with van der Waals surface area (Å²) in [6.07, 6.45) is -1.29. The third kappa shape index (κ3) is 10.8. The molecule has 3 aromatic rings. The quantitative estimate of drug-likeness (QED) is 0.117. The summed E-state index contributed by atoms with van der Waals surface area (Å²) in [5.74, 6) is -10.2. The molecule has 0 radical (unpaired) electrons. The molecule has 306 valence electrons.